The molecule has 3 rings (SSSR count). The molecule has 3 heterocycles. The number of fused-ring (bicyclic) bond motifs is 1. The predicted octanol–water partition coefficient (Wildman–Crippen LogP) is 1.22. The molecule has 0 aromatic carbocycles. The third-order valence-electron chi connectivity index (χ3n) is 5.95. The van der Waals surface area contributed by atoms with E-state index in [0.717, 1.165) is 17.6 Å². The molecule has 224 valence electrons. The van der Waals surface area contributed by atoms with Crippen molar-refractivity contribution in [3.05, 3.63) is 6.33 Å². The Labute approximate surface area is 232 Å². The Bertz CT molecular complexity index is 1150. The van der Waals surface area contributed by atoms with E-state index in [0.29, 0.717) is 12.8 Å². The van der Waals surface area contributed by atoms with Crippen LogP contribution in [0.5, 0.6) is 0 Å². The Kier molecular flexibility index (Phi) is 11.7. The smallest absolute Gasteiger partial charge is 0.323 e. The van der Waals surface area contributed by atoms with Crippen LogP contribution in [0.1, 0.15) is 66.0 Å². The fraction of sp³-hybridized carbons (Fsp3) is 0.739. The van der Waals surface area contributed by atoms with Gasteiger partial charge >= 0.3 is 11.9 Å². The summed E-state index contributed by atoms with van der Waals surface area (Å²) >= 11 is 0. The van der Waals surface area contributed by atoms with Crippen LogP contribution in [0, 0.1) is 0 Å². The minimum absolute atomic E-state index is 0.00688. The Hall–Kier alpha value is -2.75. The summed E-state index contributed by atoms with van der Waals surface area (Å²) in [4.78, 5) is 33.8. The number of hydrogen-bond acceptors (Lipinski definition) is 13. The third kappa shape index (κ3) is 8.62. The molecule has 0 aliphatic carbocycles. The molecule has 17 heteroatoms. The van der Waals surface area contributed by atoms with Crippen molar-refractivity contribution < 1.29 is 38.2 Å². The topological polar surface area (TPSA) is 215 Å². The average molecular weight is 587 g/mol. The van der Waals surface area contributed by atoms with Gasteiger partial charge in [0.05, 0.1) is 13.2 Å². The number of rotatable bonds is 16. The van der Waals surface area contributed by atoms with Crippen molar-refractivity contribution in [2.45, 2.75) is 90.5 Å². The zero-order chi connectivity index (χ0) is 29.3. The number of nitrogens with one attached hydrogen (secondary N) is 2. The number of nitrogens with zero attached hydrogens (tertiary/aromatic N) is 5. The fourth-order valence-corrected chi connectivity index (χ4v) is 5.80. The van der Waals surface area contributed by atoms with Gasteiger partial charge in [-0.2, -0.15) is 0 Å². The molecule has 1 fully saturated rings. The van der Waals surface area contributed by atoms with Gasteiger partial charge in [0.1, 0.15) is 30.9 Å². The second kappa shape index (κ2) is 14.8. The van der Waals surface area contributed by atoms with Crippen LogP contribution in [-0.2, 0) is 33.1 Å². The van der Waals surface area contributed by atoms with E-state index in [1.807, 2.05) is 13.8 Å². The average Bonchev–Trinajstić information content (AvgIpc) is 3.51. The quantitative estimate of drug-likeness (QED) is 0.124. The number of nitrogen functional groups attached to an aromatic ring is 1. The summed E-state index contributed by atoms with van der Waals surface area (Å²) in [6.45, 7) is 7.40. The molecule has 0 saturated carbocycles. The lowest BCUT2D eigenvalue weighted by Gasteiger charge is -2.27. The van der Waals surface area contributed by atoms with Crippen LogP contribution >= 0.6 is 7.44 Å². The molecule has 5 N–H and O–H groups in total. The molecule has 0 spiro atoms. The van der Waals surface area contributed by atoms with Gasteiger partial charge in [0.2, 0.25) is 13.1 Å². The Morgan fingerprint density at radius 1 is 1.12 bits per heavy atom. The predicted molar refractivity (Wildman–Crippen MR) is 143 cm³/mol. The lowest BCUT2D eigenvalue weighted by Crippen LogP contribution is -2.43. The van der Waals surface area contributed by atoms with Gasteiger partial charge in [-0.05, 0) is 26.7 Å². The van der Waals surface area contributed by atoms with Crippen LogP contribution in [0.25, 0.3) is 11.2 Å². The van der Waals surface area contributed by atoms with Gasteiger partial charge in [-0.25, -0.2) is 20.1 Å². The summed E-state index contributed by atoms with van der Waals surface area (Å²) in [5, 5.41) is 24.4. The van der Waals surface area contributed by atoms with E-state index in [2.05, 4.69) is 30.3 Å². The molecule has 0 unspecified atom stereocenters. The molecule has 0 radical (unpaired) electrons. The molecule has 40 heavy (non-hydrogen) atoms. The van der Waals surface area contributed by atoms with Crippen molar-refractivity contribution in [1.29, 1.82) is 0 Å². The molecule has 0 amide bonds. The molecular formula is C23H39N8O8P. The van der Waals surface area contributed by atoms with Gasteiger partial charge in [0.15, 0.2) is 23.9 Å². The highest BCUT2D eigenvalue weighted by Crippen LogP contribution is 2.40. The van der Waals surface area contributed by atoms with Crippen LogP contribution in [-0.4, -0.2) is 86.0 Å². The number of carbonyl (C=O) groups is 2. The Morgan fingerprint density at radius 3 is 2.27 bits per heavy atom. The summed E-state index contributed by atoms with van der Waals surface area (Å²) in [5.41, 5.74) is 6.29. The van der Waals surface area contributed by atoms with Gasteiger partial charge in [-0.3, -0.25) is 14.2 Å². The number of nitrogens with two attached hydrogens (primary N) is 1. The lowest BCUT2D eigenvalue weighted by atomic mass is 10.3. The first kappa shape index (κ1) is 31.8. The summed E-state index contributed by atoms with van der Waals surface area (Å²) in [6.07, 6.45) is 0.747. The minimum atomic E-state index is -3.77. The maximum atomic E-state index is 13.9. The monoisotopic (exact) mass is 586 g/mol. The SMILES string of the molecule is CCCCOC(=O)[C@H](C)NP(=O)(CO[C@@H]1C[C@@H](O)[C@H](n2nc3ncnc(N)c3n2)O1)N[C@@H](C)C(=O)OCCCC. The zero-order valence-corrected chi connectivity index (χ0v) is 24.1. The van der Waals surface area contributed by atoms with Crippen molar-refractivity contribution in [1.82, 2.24) is 35.1 Å². The number of esters is 2. The number of aliphatic hydroxyl groups is 1. The van der Waals surface area contributed by atoms with Gasteiger partial charge in [0.25, 0.3) is 0 Å². The van der Waals surface area contributed by atoms with Crippen molar-refractivity contribution in [3.63, 3.8) is 0 Å². The molecule has 1 aliphatic rings. The first-order valence-electron chi connectivity index (χ1n) is 13.3. The molecule has 2 aromatic heterocycles. The number of aromatic nitrogens is 5. The van der Waals surface area contributed by atoms with E-state index in [1.54, 1.807) is 0 Å². The maximum absolute atomic E-state index is 13.9. The normalized spacial score (nSPS) is 20.9. The summed E-state index contributed by atoms with van der Waals surface area (Å²) < 4.78 is 35.9. The molecular weight excluding hydrogens is 547 g/mol. The van der Waals surface area contributed by atoms with Gasteiger partial charge in [-0.15, -0.1) is 15.0 Å². The number of hydrogen-bond donors (Lipinski definition) is 4. The Balaban J connectivity index is 1.67. The molecule has 1 saturated heterocycles. The van der Waals surface area contributed by atoms with Crippen LogP contribution in [0.15, 0.2) is 6.33 Å². The first-order chi connectivity index (χ1) is 19.1. The number of carbonyl (C=O) groups excluding carboxylic acids is 2. The van der Waals surface area contributed by atoms with Crippen LogP contribution < -0.4 is 15.9 Å². The summed E-state index contributed by atoms with van der Waals surface area (Å²) in [6, 6.07) is -1.95. The minimum Gasteiger partial charge on any atom is -0.465 e. The molecule has 2 aromatic rings. The van der Waals surface area contributed by atoms with Crippen molar-refractivity contribution in [2.75, 3.05) is 25.3 Å². The van der Waals surface area contributed by atoms with Gasteiger partial charge in [-0.1, -0.05) is 26.7 Å². The number of aliphatic hydroxyl groups excluding tert-OH is 1. The van der Waals surface area contributed by atoms with Crippen molar-refractivity contribution >= 4 is 36.4 Å². The van der Waals surface area contributed by atoms with E-state index in [9.17, 15) is 19.3 Å². The highest BCUT2D eigenvalue weighted by Gasteiger charge is 2.40. The van der Waals surface area contributed by atoms with E-state index in [-0.39, 0.29) is 36.6 Å². The van der Waals surface area contributed by atoms with Crippen LogP contribution in [0.4, 0.5) is 5.82 Å². The second-order valence-electron chi connectivity index (χ2n) is 9.49. The summed E-state index contributed by atoms with van der Waals surface area (Å²) in [5.74, 6) is -1.07. The molecule has 5 atom stereocenters. The summed E-state index contributed by atoms with van der Waals surface area (Å²) in [7, 11) is -3.77. The second-order valence-corrected chi connectivity index (χ2v) is 11.7. The van der Waals surface area contributed by atoms with Crippen LogP contribution in [0.3, 0.4) is 0 Å². The van der Waals surface area contributed by atoms with Crippen LogP contribution in [0.2, 0.25) is 0 Å². The third-order valence-corrected chi connectivity index (χ3v) is 8.07. The Morgan fingerprint density at radius 2 is 1.73 bits per heavy atom. The van der Waals surface area contributed by atoms with Crippen molar-refractivity contribution in [2.24, 2.45) is 0 Å². The molecule has 0 bridgehead atoms. The molecule has 1 aliphatic heterocycles. The largest absolute Gasteiger partial charge is 0.465 e. The zero-order valence-electron chi connectivity index (χ0n) is 23.2. The van der Waals surface area contributed by atoms with E-state index < -0.39 is 56.4 Å². The number of ether oxygens (including phenoxy) is 4. The highest BCUT2D eigenvalue weighted by molar-refractivity contribution is 7.59. The van der Waals surface area contributed by atoms with Gasteiger partial charge < -0.3 is 29.8 Å². The number of anilines is 1. The number of unbranched alkanes of at least 4 members (excludes halogenated alkanes) is 2. The molecule has 16 nitrogen and oxygen atoms in total. The van der Waals surface area contributed by atoms with Gasteiger partial charge in [0, 0.05) is 6.42 Å². The maximum Gasteiger partial charge on any atom is 0.323 e. The van der Waals surface area contributed by atoms with E-state index >= 15 is 0 Å². The van der Waals surface area contributed by atoms with E-state index in [4.69, 9.17) is 24.7 Å². The first-order valence-corrected chi connectivity index (χ1v) is 15.2. The van der Waals surface area contributed by atoms with Crippen molar-refractivity contribution in [3.8, 4) is 0 Å². The fourth-order valence-electron chi connectivity index (χ4n) is 3.73. The van der Waals surface area contributed by atoms with E-state index in [1.165, 1.54) is 20.2 Å². The highest BCUT2D eigenvalue weighted by atomic mass is 31.2. The lowest BCUT2D eigenvalue weighted by molar-refractivity contribution is -0.151. The standard InChI is InChI=1S/C23H39N8O8P/c1-5-7-9-36-22(33)14(3)29-40(35,30-15(4)23(34)37-10-8-6-2)13-38-17-11-16(32)21(39-17)31-27-18-19(24)25-12-26-20(18)28-31/h12,14-17,21,32H,5-11,13H2,1-4H3,(H2,29,30,35)(H2,24,25,26,28)/t14-,15-,16+,17-,21+/m0/s1.